The molecule has 1 aromatic carbocycles. The van der Waals surface area contributed by atoms with Gasteiger partial charge in [0.25, 0.3) is 0 Å². The van der Waals surface area contributed by atoms with Crippen LogP contribution in [0, 0.1) is 0 Å². The number of nitrogens with one attached hydrogen (secondary N) is 1. The van der Waals surface area contributed by atoms with Gasteiger partial charge in [-0.2, -0.15) is 0 Å². The summed E-state index contributed by atoms with van der Waals surface area (Å²) in [5, 5.41) is 7.93. The molecule has 0 spiro atoms. The second-order valence-corrected chi connectivity index (χ2v) is 7.39. The van der Waals surface area contributed by atoms with E-state index in [9.17, 15) is 13.2 Å². The quantitative estimate of drug-likeness (QED) is 0.841. The molecule has 2 rings (SSSR count). The molecular weight excluding hydrogens is 318 g/mol. The topological polar surface area (TPSA) is 102 Å². The lowest BCUT2D eigenvalue weighted by Gasteiger charge is -2.35. The number of benzene rings is 1. The maximum Gasteiger partial charge on any atom is 0.317 e. The van der Waals surface area contributed by atoms with Crippen molar-refractivity contribution in [3.05, 3.63) is 29.8 Å². The number of rotatable bonds is 4. The molecule has 2 unspecified atom stereocenters. The van der Waals surface area contributed by atoms with Gasteiger partial charge >= 0.3 is 6.03 Å². The van der Waals surface area contributed by atoms with E-state index in [-0.39, 0.29) is 23.1 Å². The predicted octanol–water partition coefficient (Wildman–Crippen LogP) is 0.695. The van der Waals surface area contributed by atoms with Crippen LogP contribution >= 0.6 is 0 Å². The van der Waals surface area contributed by atoms with Crippen molar-refractivity contribution in [3.8, 4) is 0 Å². The van der Waals surface area contributed by atoms with Gasteiger partial charge in [0, 0.05) is 19.6 Å². The van der Waals surface area contributed by atoms with Crippen molar-refractivity contribution in [2.75, 3.05) is 19.6 Å². The van der Waals surface area contributed by atoms with Crippen LogP contribution in [0.4, 0.5) is 4.79 Å². The third-order valence-corrected chi connectivity index (χ3v) is 4.58. The van der Waals surface area contributed by atoms with E-state index < -0.39 is 10.0 Å². The van der Waals surface area contributed by atoms with Crippen LogP contribution in [0.2, 0.25) is 0 Å². The Morgan fingerprint density at radius 2 is 1.83 bits per heavy atom. The van der Waals surface area contributed by atoms with Crippen molar-refractivity contribution < 1.29 is 17.9 Å². The first kappa shape index (κ1) is 17.7. The number of nitrogens with zero attached hydrogens (tertiary/aromatic N) is 1. The minimum absolute atomic E-state index is 0.0373. The highest BCUT2D eigenvalue weighted by atomic mass is 32.2. The van der Waals surface area contributed by atoms with E-state index in [0.717, 1.165) is 5.56 Å². The third kappa shape index (κ3) is 5.19. The molecule has 1 aliphatic rings. The zero-order chi connectivity index (χ0) is 17.0. The zero-order valence-electron chi connectivity index (χ0n) is 13.4. The van der Waals surface area contributed by atoms with Crippen LogP contribution in [0.1, 0.15) is 19.4 Å². The standard InChI is InChI=1S/C15H23N3O4S/c1-11-9-18(10-12(2)22-11)15(19)17-8-7-13-3-5-14(6-4-13)23(16,20)21/h3-6,11-12H,7-10H2,1-2H3,(H,17,19)(H2,16,20,21). The number of sulfonamides is 1. The molecule has 7 nitrogen and oxygen atoms in total. The van der Waals surface area contributed by atoms with Crippen molar-refractivity contribution in [2.45, 2.75) is 37.4 Å². The molecule has 2 amide bonds. The molecule has 0 radical (unpaired) electrons. The Bertz CT molecular complexity index is 635. The van der Waals surface area contributed by atoms with E-state index >= 15 is 0 Å². The fourth-order valence-electron chi connectivity index (χ4n) is 2.62. The summed E-state index contributed by atoms with van der Waals surface area (Å²) in [6.45, 7) is 5.54. The first-order valence-electron chi connectivity index (χ1n) is 7.55. The maximum atomic E-state index is 12.1. The molecule has 8 heteroatoms. The van der Waals surface area contributed by atoms with Gasteiger partial charge < -0.3 is 15.0 Å². The maximum absolute atomic E-state index is 12.1. The van der Waals surface area contributed by atoms with Crippen LogP contribution < -0.4 is 10.5 Å². The van der Waals surface area contributed by atoms with Gasteiger partial charge in [-0.15, -0.1) is 0 Å². The van der Waals surface area contributed by atoms with Crippen LogP contribution in [0.3, 0.4) is 0 Å². The molecule has 2 atom stereocenters. The number of nitrogens with two attached hydrogens (primary N) is 1. The summed E-state index contributed by atoms with van der Waals surface area (Å²) in [7, 11) is -3.67. The molecule has 0 saturated carbocycles. The van der Waals surface area contributed by atoms with Crippen LogP contribution in [0.25, 0.3) is 0 Å². The second kappa shape index (κ2) is 7.29. The van der Waals surface area contributed by atoms with Crippen molar-refractivity contribution in [1.82, 2.24) is 10.2 Å². The van der Waals surface area contributed by atoms with Gasteiger partial charge in [0.1, 0.15) is 0 Å². The molecule has 0 aliphatic carbocycles. The first-order chi connectivity index (χ1) is 10.8. The molecule has 128 valence electrons. The van der Waals surface area contributed by atoms with Crippen LogP contribution in [0.5, 0.6) is 0 Å². The predicted molar refractivity (Wildman–Crippen MR) is 86.5 cm³/mol. The smallest absolute Gasteiger partial charge is 0.317 e. The van der Waals surface area contributed by atoms with Gasteiger partial charge in [0.2, 0.25) is 10.0 Å². The Hall–Kier alpha value is -1.64. The Morgan fingerprint density at radius 3 is 2.35 bits per heavy atom. The second-order valence-electron chi connectivity index (χ2n) is 5.83. The molecule has 3 N–H and O–H groups in total. The van der Waals surface area contributed by atoms with Crippen LogP contribution in [-0.2, 0) is 21.2 Å². The highest BCUT2D eigenvalue weighted by Crippen LogP contribution is 2.11. The Balaban J connectivity index is 1.81. The summed E-state index contributed by atoms with van der Waals surface area (Å²) in [6.07, 6.45) is 0.692. The third-order valence-electron chi connectivity index (χ3n) is 3.65. The molecule has 1 aliphatic heterocycles. The SMILES string of the molecule is CC1CN(C(=O)NCCc2ccc(S(N)(=O)=O)cc2)CC(C)O1. The molecule has 1 saturated heterocycles. The molecule has 23 heavy (non-hydrogen) atoms. The number of morpholine rings is 1. The summed E-state index contributed by atoms with van der Waals surface area (Å²) in [5.74, 6) is 0. The number of carbonyl (C=O) groups is 1. The first-order valence-corrected chi connectivity index (χ1v) is 9.10. The summed E-state index contributed by atoms with van der Waals surface area (Å²) >= 11 is 0. The molecule has 1 fully saturated rings. The van der Waals surface area contributed by atoms with Gasteiger partial charge in [-0.1, -0.05) is 12.1 Å². The average Bonchev–Trinajstić information content (AvgIpc) is 2.45. The molecule has 1 aromatic rings. The van der Waals surface area contributed by atoms with Gasteiger partial charge in [0.05, 0.1) is 17.1 Å². The van der Waals surface area contributed by atoms with Crippen LogP contribution in [-0.4, -0.2) is 51.2 Å². The number of hydrogen-bond acceptors (Lipinski definition) is 4. The van der Waals surface area contributed by atoms with E-state index in [4.69, 9.17) is 9.88 Å². The fourth-order valence-corrected chi connectivity index (χ4v) is 3.13. The van der Waals surface area contributed by atoms with Crippen molar-refractivity contribution in [2.24, 2.45) is 5.14 Å². The Morgan fingerprint density at radius 1 is 1.26 bits per heavy atom. The number of primary sulfonamides is 1. The van der Waals surface area contributed by atoms with Gasteiger partial charge in [-0.3, -0.25) is 0 Å². The highest BCUT2D eigenvalue weighted by molar-refractivity contribution is 7.89. The van der Waals surface area contributed by atoms with E-state index in [0.29, 0.717) is 26.1 Å². The van der Waals surface area contributed by atoms with Gasteiger partial charge in [-0.05, 0) is 38.0 Å². The van der Waals surface area contributed by atoms with E-state index in [1.807, 2.05) is 13.8 Å². The number of urea groups is 1. The van der Waals surface area contributed by atoms with E-state index in [1.165, 1.54) is 12.1 Å². The number of ether oxygens (including phenoxy) is 1. The lowest BCUT2D eigenvalue weighted by Crippen LogP contribution is -2.51. The number of hydrogen-bond donors (Lipinski definition) is 2. The fraction of sp³-hybridized carbons (Fsp3) is 0.533. The summed E-state index contributed by atoms with van der Waals surface area (Å²) < 4.78 is 28.0. The van der Waals surface area contributed by atoms with Crippen molar-refractivity contribution in [1.29, 1.82) is 0 Å². The Labute approximate surface area is 136 Å². The van der Waals surface area contributed by atoms with E-state index in [2.05, 4.69) is 5.32 Å². The number of amides is 2. The van der Waals surface area contributed by atoms with Crippen molar-refractivity contribution in [3.63, 3.8) is 0 Å². The minimum atomic E-state index is -3.67. The lowest BCUT2D eigenvalue weighted by atomic mass is 10.1. The zero-order valence-corrected chi connectivity index (χ0v) is 14.2. The molecule has 1 heterocycles. The summed E-state index contributed by atoms with van der Waals surface area (Å²) in [5.41, 5.74) is 0.932. The highest BCUT2D eigenvalue weighted by Gasteiger charge is 2.25. The normalized spacial score (nSPS) is 22.0. The number of carbonyl (C=O) groups excluding carboxylic acids is 1. The van der Waals surface area contributed by atoms with E-state index in [1.54, 1.807) is 17.0 Å². The molecule has 0 aromatic heterocycles. The monoisotopic (exact) mass is 341 g/mol. The summed E-state index contributed by atoms with van der Waals surface area (Å²) in [4.78, 5) is 14.0. The minimum Gasteiger partial charge on any atom is -0.372 e. The Kier molecular flexibility index (Phi) is 5.61. The van der Waals surface area contributed by atoms with Gasteiger partial charge in [0.15, 0.2) is 0 Å². The molecular formula is C15H23N3O4S. The van der Waals surface area contributed by atoms with Crippen molar-refractivity contribution >= 4 is 16.1 Å². The van der Waals surface area contributed by atoms with Gasteiger partial charge in [-0.25, -0.2) is 18.4 Å². The average molecular weight is 341 g/mol. The summed E-state index contributed by atoms with van der Waals surface area (Å²) in [6, 6.07) is 6.23. The molecule has 0 bridgehead atoms. The largest absolute Gasteiger partial charge is 0.372 e. The van der Waals surface area contributed by atoms with Crippen LogP contribution in [0.15, 0.2) is 29.2 Å². The lowest BCUT2D eigenvalue weighted by molar-refractivity contribution is -0.0544.